The lowest BCUT2D eigenvalue weighted by atomic mass is 10.1. The van der Waals surface area contributed by atoms with E-state index in [0.29, 0.717) is 26.1 Å². The first-order valence-corrected chi connectivity index (χ1v) is 6.71. The summed E-state index contributed by atoms with van der Waals surface area (Å²) >= 11 is 0. The van der Waals surface area contributed by atoms with Crippen molar-refractivity contribution in [2.75, 3.05) is 19.6 Å². The summed E-state index contributed by atoms with van der Waals surface area (Å²) < 4.78 is 0. The molecule has 2 rings (SSSR count). The van der Waals surface area contributed by atoms with Crippen LogP contribution in [0.5, 0.6) is 0 Å². The van der Waals surface area contributed by atoms with Crippen LogP contribution in [0.1, 0.15) is 19.3 Å². The predicted octanol–water partition coefficient (Wildman–Crippen LogP) is 0.0319. The average Bonchev–Trinajstić information content (AvgIpc) is 2.79. The van der Waals surface area contributed by atoms with Crippen molar-refractivity contribution in [3.63, 3.8) is 0 Å². The molecular formula is C13H19N3O4. The van der Waals surface area contributed by atoms with Gasteiger partial charge in [-0.25, -0.2) is 9.59 Å². The van der Waals surface area contributed by atoms with E-state index < -0.39 is 18.0 Å². The number of nitrogens with zero attached hydrogens (tertiary/aromatic N) is 2. The summed E-state index contributed by atoms with van der Waals surface area (Å²) in [5, 5.41) is 11.5. The van der Waals surface area contributed by atoms with Gasteiger partial charge in [-0.2, -0.15) is 0 Å². The quantitative estimate of drug-likeness (QED) is 0.711. The van der Waals surface area contributed by atoms with Crippen molar-refractivity contribution in [2.45, 2.75) is 31.3 Å². The molecule has 2 aliphatic rings. The number of rotatable bonds is 4. The van der Waals surface area contributed by atoms with E-state index in [4.69, 9.17) is 5.11 Å². The molecular weight excluding hydrogens is 262 g/mol. The van der Waals surface area contributed by atoms with Gasteiger partial charge in [0, 0.05) is 32.1 Å². The summed E-state index contributed by atoms with van der Waals surface area (Å²) in [6, 6.07) is -1.27. The Bertz CT molecular complexity index is 437. The monoisotopic (exact) mass is 281 g/mol. The molecule has 2 saturated heterocycles. The highest BCUT2D eigenvalue weighted by atomic mass is 16.4. The maximum Gasteiger partial charge on any atom is 0.326 e. The maximum atomic E-state index is 12.1. The number of hydrogen-bond acceptors (Lipinski definition) is 3. The Labute approximate surface area is 117 Å². The van der Waals surface area contributed by atoms with Crippen LogP contribution in [-0.4, -0.2) is 64.5 Å². The fraction of sp³-hybridized carbons (Fsp3) is 0.615. The van der Waals surface area contributed by atoms with Crippen LogP contribution in [0.2, 0.25) is 0 Å². The van der Waals surface area contributed by atoms with Crippen molar-refractivity contribution in [2.24, 2.45) is 0 Å². The Balaban J connectivity index is 1.91. The summed E-state index contributed by atoms with van der Waals surface area (Å²) in [6.45, 7) is 4.92. The van der Waals surface area contributed by atoms with Gasteiger partial charge in [0.2, 0.25) is 5.91 Å². The summed E-state index contributed by atoms with van der Waals surface area (Å²) in [4.78, 5) is 38.0. The highest BCUT2D eigenvalue weighted by Gasteiger charge is 2.37. The lowest BCUT2D eigenvalue weighted by molar-refractivity contribution is -0.139. The third-order valence-electron chi connectivity index (χ3n) is 3.78. The number of carboxylic acids is 1. The molecule has 2 aliphatic heterocycles. The number of carbonyl (C=O) groups excluding carboxylic acids is 2. The van der Waals surface area contributed by atoms with E-state index in [2.05, 4.69) is 11.9 Å². The molecule has 0 aromatic carbocycles. The van der Waals surface area contributed by atoms with Gasteiger partial charge in [0.1, 0.15) is 6.04 Å². The molecule has 0 bridgehead atoms. The first-order chi connectivity index (χ1) is 9.52. The number of aliphatic carboxylic acids is 1. The Morgan fingerprint density at radius 1 is 1.50 bits per heavy atom. The summed E-state index contributed by atoms with van der Waals surface area (Å²) in [5.74, 6) is -0.932. The van der Waals surface area contributed by atoms with Gasteiger partial charge in [-0.15, -0.1) is 6.58 Å². The predicted molar refractivity (Wildman–Crippen MR) is 71.1 cm³/mol. The van der Waals surface area contributed by atoms with Crippen LogP contribution in [0.4, 0.5) is 4.79 Å². The third kappa shape index (κ3) is 2.92. The second-order valence-electron chi connectivity index (χ2n) is 5.09. The second kappa shape index (κ2) is 5.94. The summed E-state index contributed by atoms with van der Waals surface area (Å²) in [5.41, 5.74) is 0. The highest BCUT2D eigenvalue weighted by Crippen LogP contribution is 2.22. The molecule has 0 spiro atoms. The smallest absolute Gasteiger partial charge is 0.326 e. The van der Waals surface area contributed by atoms with Gasteiger partial charge < -0.3 is 20.2 Å². The van der Waals surface area contributed by atoms with Crippen molar-refractivity contribution in [1.29, 1.82) is 0 Å². The first kappa shape index (κ1) is 14.4. The Morgan fingerprint density at radius 2 is 2.25 bits per heavy atom. The first-order valence-electron chi connectivity index (χ1n) is 6.71. The molecule has 2 N–H and O–H groups in total. The summed E-state index contributed by atoms with van der Waals surface area (Å²) in [6.07, 6.45) is 2.95. The molecule has 0 aromatic heterocycles. The van der Waals surface area contributed by atoms with Gasteiger partial charge >= 0.3 is 12.0 Å². The zero-order valence-electron chi connectivity index (χ0n) is 11.2. The minimum absolute atomic E-state index is 0.0738. The lowest BCUT2D eigenvalue weighted by Crippen LogP contribution is -2.57. The van der Waals surface area contributed by atoms with E-state index in [9.17, 15) is 14.4 Å². The normalized spacial score (nSPS) is 23.2. The molecule has 7 heteroatoms. The van der Waals surface area contributed by atoms with Gasteiger partial charge in [0.15, 0.2) is 0 Å². The Hall–Kier alpha value is -2.05. The zero-order valence-corrected chi connectivity index (χ0v) is 11.2. The SMILES string of the molecule is C=CCC(NC(=O)N1CCN2C(=O)CCC2C1)C(=O)O. The van der Waals surface area contributed by atoms with Gasteiger partial charge in [0.05, 0.1) is 0 Å². The van der Waals surface area contributed by atoms with Crippen molar-refractivity contribution >= 4 is 17.9 Å². The van der Waals surface area contributed by atoms with Crippen LogP contribution in [0, 0.1) is 0 Å². The summed E-state index contributed by atoms with van der Waals surface area (Å²) in [7, 11) is 0. The lowest BCUT2D eigenvalue weighted by Gasteiger charge is -2.37. The number of urea groups is 1. The van der Waals surface area contributed by atoms with Crippen LogP contribution in [-0.2, 0) is 9.59 Å². The molecule has 0 radical (unpaired) electrons. The molecule has 2 heterocycles. The highest BCUT2D eigenvalue weighted by molar-refractivity contribution is 5.83. The zero-order chi connectivity index (χ0) is 14.7. The Kier molecular flexibility index (Phi) is 4.26. The fourth-order valence-electron chi connectivity index (χ4n) is 2.68. The third-order valence-corrected chi connectivity index (χ3v) is 3.78. The fourth-order valence-corrected chi connectivity index (χ4v) is 2.68. The van der Waals surface area contributed by atoms with Gasteiger partial charge in [0.25, 0.3) is 0 Å². The largest absolute Gasteiger partial charge is 0.480 e. The molecule has 7 nitrogen and oxygen atoms in total. The molecule has 0 aliphatic carbocycles. The molecule has 3 amide bonds. The topological polar surface area (TPSA) is 90.0 Å². The number of carbonyl (C=O) groups is 3. The van der Waals surface area contributed by atoms with E-state index in [1.165, 1.54) is 6.08 Å². The van der Waals surface area contributed by atoms with Crippen molar-refractivity contribution in [3.05, 3.63) is 12.7 Å². The molecule has 0 saturated carbocycles. The second-order valence-corrected chi connectivity index (χ2v) is 5.09. The maximum absolute atomic E-state index is 12.1. The van der Waals surface area contributed by atoms with Crippen LogP contribution in [0.3, 0.4) is 0 Å². The van der Waals surface area contributed by atoms with Crippen LogP contribution >= 0.6 is 0 Å². The number of hydrogen-bond donors (Lipinski definition) is 2. The van der Waals surface area contributed by atoms with Gasteiger partial charge in [-0.1, -0.05) is 6.08 Å². The van der Waals surface area contributed by atoms with Crippen molar-refractivity contribution in [1.82, 2.24) is 15.1 Å². The molecule has 2 unspecified atom stereocenters. The van der Waals surface area contributed by atoms with Gasteiger partial charge in [-0.3, -0.25) is 4.79 Å². The number of nitrogens with one attached hydrogen (secondary N) is 1. The van der Waals surface area contributed by atoms with Crippen molar-refractivity contribution < 1.29 is 19.5 Å². The van der Waals surface area contributed by atoms with E-state index in [-0.39, 0.29) is 18.4 Å². The average molecular weight is 281 g/mol. The number of amides is 3. The van der Waals surface area contributed by atoms with Crippen LogP contribution in [0.25, 0.3) is 0 Å². The number of fused-ring (bicyclic) bond motifs is 1. The number of piperazine rings is 1. The van der Waals surface area contributed by atoms with Gasteiger partial charge in [-0.05, 0) is 12.8 Å². The minimum Gasteiger partial charge on any atom is -0.480 e. The minimum atomic E-state index is -1.08. The van der Waals surface area contributed by atoms with E-state index in [1.807, 2.05) is 4.90 Å². The molecule has 2 atom stereocenters. The standard InChI is InChI=1S/C13H19N3O4/c1-2-3-10(12(18)19)14-13(20)15-6-7-16-9(8-15)4-5-11(16)17/h2,9-10H,1,3-8H2,(H,14,20)(H,18,19). The number of carboxylic acid groups (broad SMARTS) is 1. The van der Waals surface area contributed by atoms with E-state index in [0.717, 1.165) is 6.42 Å². The molecule has 0 aromatic rings. The molecule has 110 valence electrons. The Morgan fingerprint density at radius 3 is 2.90 bits per heavy atom. The molecule has 2 fully saturated rings. The molecule has 20 heavy (non-hydrogen) atoms. The van der Waals surface area contributed by atoms with E-state index >= 15 is 0 Å². The van der Waals surface area contributed by atoms with Crippen LogP contribution < -0.4 is 5.32 Å². The van der Waals surface area contributed by atoms with Crippen LogP contribution in [0.15, 0.2) is 12.7 Å². The van der Waals surface area contributed by atoms with E-state index in [1.54, 1.807) is 4.90 Å². The van der Waals surface area contributed by atoms with Crippen molar-refractivity contribution in [3.8, 4) is 0 Å².